The number of phenolic OH excluding ortho intramolecular Hbond substituents is 1. The van der Waals surface area contributed by atoms with Gasteiger partial charge in [0.25, 0.3) is 0 Å². The first-order chi connectivity index (χ1) is 16.2. The molecule has 180 valence electrons. The molecule has 0 aliphatic carbocycles. The summed E-state index contributed by atoms with van der Waals surface area (Å²) in [6, 6.07) is 16.2. The van der Waals surface area contributed by atoms with E-state index in [4.69, 9.17) is 20.3 Å². The molecule has 1 aliphatic heterocycles. The number of hydrogen-bond donors (Lipinski definition) is 4. The third-order valence-electron chi connectivity index (χ3n) is 6.18. The van der Waals surface area contributed by atoms with E-state index in [9.17, 15) is 23.0 Å². The van der Waals surface area contributed by atoms with Crippen LogP contribution in [-0.2, 0) is 21.2 Å². The molecule has 8 nitrogen and oxygen atoms in total. The van der Waals surface area contributed by atoms with E-state index in [1.807, 2.05) is 0 Å². The molecule has 0 saturated heterocycles. The van der Waals surface area contributed by atoms with Gasteiger partial charge in [0.1, 0.15) is 16.3 Å². The molecule has 0 amide bonds. The van der Waals surface area contributed by atoms with E-state index in [1.54, 1.807) is 18.2 Å². The van der Waals surface area contributed by atoms with Gasteiger partial charge in [0.2, 0.25) is 16.8 Å². The number of primary sulfonamides is 1. The highest BCUT2D eigenvalue weighted by atomic mass is 32.2. The first kappa shape index (κ1) is 24.0. The van der Waals surface area contributed by atoms with Crippen LogP contribution >= 0.6 is 0 Å². The van der Waals surface area contributed by atoms with Crippen LogP contribution in [0.15, 0.2) is 66.7 Å². The van der Waals surface area contributed by atoms with Crippen LogP contribution in [0.4, 0.5) is 4.39 Å². The molecule has 3 atom stereocenters. The quantitative estimate of drug-likeness (QED) is 0.380. The number of aliphatic hydroxyl groups is 1. The number of ether oxygens (including phenoxy) is 2. The summed E-state index contributed by atoms with van der Waals surface area (Å²) in [5.74, 6) is -1.01. The average molecular weight is 489 g/mol. The zero-order valence-electron chi connectivity index (χ0n) is 18.1. The van der Waals surface area contributed by atoms with Crippen LogP contribution < -0.4 is 20.3 Å². The molecule has 4 rings (SSSR count). The second-order valence-electron chi connectivity index (χ2n) is 8.10. The topological polar surface area (TPSA) is 145 Å². The second kappa shape index (κ2) is 9.22. The Morgan fingerprint density at radius 2 is 1.71 bits per heavy atom. The fraction of sp³-hybridized carbons (Fsp3) is 0.250. The van der Waals surface area contributed by atoms with Crippen LogP contribution in [0.5, 0.6) is 17.2 Å². The molecule has 3 unspecified atom stereocenters. The number of rotatable bonds is 8. The average Bonchev–Trinajstić information content (AvgIpc) is 3.28. The molecule has 34 heavy (non-hydrogen) atoms. The van der Waals surface area contributed by atoms with Gasteiger partial charge in [0, 0.05) is 18.0 Å². The maximum absolute atomic E-state index is 13.6. The van der Waals surface area contributed by atoms with Crippen molar-refractivity contribution in [2.24, 2.45) is 10.9 Å². The lowest BCUT2D eigenvalue weighted by molar-refractivity contribution is 0.112. The van der Waals surface area contributed by atoms with Gasteiger partial charge in [-0.15, -0.1) is 0 Å². The molecule has 1 aliphatic rings. The van der Waals surface area contributed by atoms with E-state index in [0.717, 1.165) is 0 Å². The smallest absolute Gasteiger partial charge is 0.231 e. The Morgan fingerprint density at radius 3 is 2.35 bits per heavy atom. The van der Waals surface area contributed by atoms with E-state index in [1.165, 1.54) is 48.5 Å². The van der Waals surface area contributed by atoms with Crippen molar-refractivity contribution in [1.82, 2.24) is 0 Å². The van der Waals surface area contributed by atoms with Gasteiger partial charge in [-0.05, 0) is 47.9 Å². The monoisotopic (exact) mass is 488 g/mol. The van der Waals surface area contributed by atoms with Gasteiger partial charge in [-0.3, -0.25) is 0 Å². The highest BCUT2D eigenvalue weighted by molar-refractivity contribution is 7.90. The molecule has 0 fully saturated rings. The zero-order valence-corrected chi connectivity index (χ0v) is 18.9. The van der Waals surface area contributed by atoms with Gasteiger partial charge < -0.3 is 25.4 Å². The molecular weight excluding hydrogens is 463 g/mol. The van der Waals surface area contributed by atoms with Gasteiger partial charge in [-0.1, -0.05) is 36.4 Å². The van der Waals surface area contributed by atoms with Crippen LogP contribution in [0.2, 0.25) is 0 Å². The molecule has 0 spiro atoms. The summed E-state index contributed by atoms with van der Waals surface area (Å²) in [5, 5.41) is 27.8. The molecule has 0 aromatic heterocycles. The minimum atomic E-state index is -4.64. The van der Waals surface area contributed by atoms with Crippen LogP contribution in [0, 0.1) is 5.82 Å². The summed E-state index contributed by atoms with van der Waals surface area (Å²) in [4.78, 5) is 0. The predicted octanol–water partition coefficient (Wildman–Crippen LogP) is 2.09. The van der Waals surface area contributed by atoms with Gasteiger partial charge in [0.05, 0.1) is 6.10 Å². The molecule has 3 aromatic rings. The highest BCUT2D eigenvalue weighted by Gasteiger charge is 2.56. The number of hydrogen-bond acceptors (Lipinski definition) is 7. The van der Waals surface area contributed by atoms with Gasteiger partial charge >= 0.3 is 0 Å². The molecule has 0 bridgehead atoms. The summed E-state index contributed by atoms with van der Waals surface area (Å²) in [6.45, 7) is -0.456. The minimum absolute atomic E-state index is 0.00659. The number of aromatic hydroxyl groups is 1. The largest absolute Gasteiger partial charge is 0.508 e. The first-order valence-corrected chi connectivity index (χ1v) is 12.1. The SMILES string of the molecule is NCC(O)C(c1ccccc1O)(C(Cc1ccc(F)cc1)c1ccc2c(c1)OCO2)S(N)(=O)=O. The molecular formula is C24H25FN2O6S. The van der Waals surface area contributed by atoms with Gasteiger partial charge in [-0.2, -0.15) is 0 Å². The Kier molecular flexibility index (Phi) is 6.50. The number of aliphatic hydroxyl groups excluding tert-OH is 1. The maximum atomic E-state index is 13.6. The van der Waals surface area contributed by atoms with E-state index >= 15 is 0 Å². The Hall–Kier alpha value is -3.18. The van der Waals surface area contributed by atoms with Crippen molar-refractivity contribution in [3.63, 3.8) is 0 Å². The Morgan fingerprint density at radius 1 is 1.03 bits per heavy atom. The normalized spacial score (nSPS) is 16.6. The number of para-hydroxylation sites is 1. The lowest BCUT2D eigenvalue weighted by Crippen LogP contribution is -2.56. The number of phenols is 1. The summed E-state index contributed by atoms with van der Waals surface area (Å²) in [7, 11) is -4.64. The van der Waals surface area contributed by atoms with E-state index in [0.29, 0.717) is 22.6 Å². The van der Waals surface area contributed by atoms with Crippen molar-refractivity contribution in [2.75, 3.05) is 13.3 Å². The highest BCUT2D eigenvalue weighted by Crippen LogP contribution is 2.51. The number of nitrogens with two attached hydrogens (primary N) is 2. The molecule has 3 aromatic carbocycles. The summed E-state index contributed by atoms with van der Waals surface area (Å²) < 4.78 is 49.1. The second-order valence-corrected chi connectivity index (χ2v) is 9.87. The van der Waals surface area contributed by atoms with Crippen molar-refractivity contribution in [3.8, 4) is 17.2 Å². The zero-order chi connectivity index (χ0) is 24.5. The van der Waals surface area contributed by atoms with Crippen molar-refractivity contribution in [1.29, 1.82) is 0 Å². The predicted molar refractivity (Wildman–Crippen MR) is 123 cm³/mol. The fourth-order valence-corrected chi connectivity index (χ4v) is 6.19. The number of benzene rings is 3. The number of halogens is 1. The van der Waals surface area contributed by atoms with Crippen LogP contribution in [0.1, 0.15) is 22.6 Å². The molecule has 6 N–H and O–H groups in total. The first-order valence-electron chi connectivity index (χ1n) is 10.5. The number of sulfonamides is 1. The lowest BCUT2D eigenvalue weighted by atomic mass is 9.73. The van der Waals surface area contributed by atoms with Crippen molar-refractivity contribution < 1.29 is 32.5 Å². The van der Waals surface area contributed by atoms with Crippen LogP contribution in [0.25, 0.3) is 0 Å². The molecule has 1 heterocycles. The van der Waals surface area contributed by atoms with Gasteiger partial charge in [-0.25, -0.2) is 17.9 Å². The van der Waals surface area contributed by atoms with Crippen LogP contribution in [-0.4, -0.2) is 38.1 Å². The standard InChI is InChI=1S/C24H25FN2O6S/c25-17-8-5-15(6-9-17)11-19(16-7-10-21-22(12-16)33-14-32-21)24(23(29)13-26,34(27,30)31)18-3-1-2-4-20(18)28/h1-10,12,19,23,28-29H,11,13-14,26H2,(H2,27,30,31). The van der Waals surface area contributed by atoms with Gasteiger partial charge in [0.15, 0.2) is 11.5 Å². The molecule has 0 saturated carbocycles. The molecule has 10 heteroatoms. The summed E-state index contributed by atoms with van der Waals surface area (Å²) >= 11 is 0. The van der Waals surface area contributed by atoms with Crippen LogP contribution in [0.3, 0.4) is 0 Å². The minimum Gasteiger partial charge on any atom is -0.508 e. The Labute approximate surface area is 196 Å². The third kappa shape index (κ3) is 4.09. The Bertz CT molecular complexity index is 1280. The van der Waals surface area contributed by atoms with E-state index < -0.39 is 39.2 Å². The van der Waals surface area contributed by atoms with Crippen molar-refractivity contribution in [2.45, 2.75) is 23.2 Å². The van der Waals surface area contributed by atoms with Crippen molar-refractivity contribution in [3.05, 3.63) is 89.2 Å². The van der Waals surface area contributed by atoms with E-state index in [-0.39, 0.29) is 24.5 Å². The fourth-order valence-electron chi connectivity index (χ4n) is 4.62. The lowest BCUT2D eigenvalue weighted by Gasteiger charge is -2.43. The van der Waals surface area contributed by atoms with E-state index in [2.05, 4.69) is 0 Å². The maximum Gasteiger partial charge on any atom is 0.231 e. The number of fused-ring (bicyclic) bond motifs is 1. The summed E-state index contributed by atoms with van der Waals surface area (Å²) in [6.07, 6.45) is -1.69. The van der Waals surface area contributed by atoms with Crippen molar-refractivity contribution >= 4 is 10.0 Å². The third-order valence-corrected chi connectivity index (χ3v) is 7.90. The Balaban J connectivity index is 2.03. The summed E-state index contributed by atoms with van der Waals surface area (Å²) in [5.41, 5.74) is 6.74. The molecule has 0 radical (unpaired) electrons.